The van der Waals surface area contributed by atoms with Crippen molar-refractivity contribution < 1.29 is 0 Å². The van der Waals surface area contributed by atoms with Gasteiger partial charge in [-0.1, -0.05) is 32.1 Å². The van der Waals surface area contributed by atoms with Crippen LogP contribution in [0.15, 0.2) is 24.3 Å². The molecule has 20 heavy (non-hydrogen) atoms. The second-order valence-corrected chi connectivity index (χ2v) is 5.91. The van der Waals surface area contributed by atoms with Gasteiger partial charge in [-0.25, -0.2) is 4.98 Å². The van der Waals surface area contributed by atoms with Crippen LogP contribution >= 0.6 is 0 Å². The normalized spacial score (nSPS) is 10.9. The first-order valence-corrected chi connectivity index (χ1v) is 7.50. The Labute approximate surface area is 124 Å². The van der Waals surface area contributed by atoms with E-state index in [0.717, 1.165) is 43.3 Å². The highest BCUT2D eigenvalue weighted by atomic mass is 15.2. The summed E-state index contributed by atoms with van der Waals surface area (Å²) in [6.45, 7) is 18.5. The number of anilines is 1. The van der Waals surface area contributed by atoms with Gasteiger partial charge in [-0.15, -0.1) is 0 Å². The number of rotatable bonds is 8. The zero-order chi connectivity index (χ0) is 15.1. The maximum absolute atomic E-state index is 4.74. The molecule has 0 spiro atoms. The van der Waals surface area contributed by atoms with Gasteiger partial charge < -0.3 is 10.2 Å². The van der Waals surface area contributed by atoms with Crippen LogP contribution in [-0.4, -0.2) is 24.6 Å². The first kappa shape index (κ1) is 16.7. The van der Waals surface area contributed by atoms with Gasteiger partial charge in [0.15, 0.2) is 0 Å². The molecule has 0 radical (unpaired) electrons. The zero-order valence-electron chi connectivity index (χ0n) is 13.7. The Kier molecular flexibility index (Phi) is 6.73. The van der Waals surface area contributed by atoms with Gasteiger partial charge >= 0.3 is 0 Å². The Bertz CT molecular complexity index is 438. The Hall–Kier alpha value is -1.35. The van der Waals surface area contributed by atoms with Gasteiger partial charge in [-0.05, 0) is 44.9 Å². The molecule has 112 valence electrons. The quantitative estimate of drug-likeness (QED) is 0.736. The minimum Gasteiger partial charge on any atom is -0.353 e. The highest BCUT2D eigenvalue weighted by Crippen LogP contribution is 2.16. The van der Waals surface area contributed by atoms with E-state index < -0.39 is 0 Å². The fraction of sp³-hybridized carbons (Fsp3) is 0.588. The number of likely N-dealkylation sites (N-methyl/N-ethyl adjacent to an activating group) is 1. The smallest absolute Gasteiger partial charge is 0.129 e. The predicted octanol–water partition coefficient (Wildman–Crippen LogP) is 3.54. The van der Waals surface area contributed by atoms with Crippen LogP contribution < -0.4 is 10.2 Å². The lowest BCUT2D eigenvalue weighted by Crippen LogP contribution is -2.26. The summed E-state index contributed by atoms with van der Waals surface area (Å²) in [6.07, 6.45) is 0. The average Bonchev–Trinajstić information content (AvgIpc) is 2.37. The third kappa shape index (κ3) is 5.33. The van der Waals surface area contributed by atoms with Crippen LogP contribution in [0.4, 0.5) is 5.82 Å². The van der Waals surface area contributed by atoms with Crippen LogP contribution in [0.25, 0.3) is 0 Å². The van der Waals surface area contributed by atoms with E-state index in [4.69, 9.17) is 4.98 Å². The first-order valence-electron chi connectivity index (χ1n) is 7.50. The van der Waals surface area contributed by atoms with Crippen LogP contribution in [0, 0.1) is 12.8 Å². The minimum absolute atomic E-state index is 0.675. The highest BCUT2D eigenvalue weighted by Gasteiger charge is 2.08. The maximum Gasteiger partial charge on any atom is 0.129 e. The molecule has 0 saturated carbocycles. The average molecular weight is 275 g/mol. The summed E-state index contributed by atoms with van der Waals surface area (Å²) < 4.78 is 0. The summed E-state index contributed by atoms with van der Waals surface area (Å²) in [7, 11) is 0. The van der Waals surface area contributed by atoms with Crippen molar-refractivity contribution in [2.75, 3.05) is 24.5 Å². The van der Waals surface area contributed by atoms with Gasteiger partial charge in [0.2, 0.25) is 0 Å². The molecular weight excluding hydrogens is 246 g/mol. The van der Waals surface area contributed by atoms with Gasteiger partial charge in [0.05, 0.1) is 0 Å². The molecule has 1 aromatic rings. The van der Waals surface area contributed by atoms with Crippen molar-refractivity contribution in [1.82, 2.24) is 10.3 Å². The molecule has 0 saturated heterocycles. The fourth-order valence-electron chi connectivity index (χ4n) is 2.12. The van der Waals surface area contributed by atoms with Crippen LogP contribution in [0.2, 0.25) is 0 Å². The summed E-state index contributed by atoms with van der Waals surface area (Å²) in [4.78, 5) is 6.99. The zero-order valence-corrected chi connectivity index (χ0v) is 13.7. The fourth-order valence-corrected chi connectivity index (χ4v) is 2.12. The molecule has 0 aliphatic heterocycles. The molecule has 1 aromatic heterocycles. The van der Waals surface area contributed by atoms with Crippen LogP contribution in [0.1, 0.15) is 39.0 Å². The van der Waals surface area contributed by atoms with Gasteiger partial charge in [-0.3, -0.25) is 0 Å². The van der Waals surface area contributed by atoms with Crippen molar-refractivity contribution in [3.05, 3.63) is 35.5 Å². The summed E-state index contributed by atoms with van der Waals surface area (Å²) in [5, 5.41) is 3.47. The summed E-state index contributed by atoms with van der Waals surface area (Å²) in [5.41, 5.74) is 3.55. The van der Waals surface area contributed by atoms with E-state index in [9.17, 15) is 0 Å². The second kappa shape index (κ2) is 8.05. The van der Waals surface area contributed by atoms with Crippen LogP contribution in [-0.2, 0) is 6.54 Å². The molecule has 1 rings (SSSR count). The highest BCUT2D eigenvalue weighted by molar-refractivity contribution is 5.42. The minimum atomic E-state index is 0.675. The number of hydrogen-bond acceptors (Lipinski definition) is 3. The molecule has 0 unspecified atom stereocenters. The molecule has 0 atom stereocenters. The first-order chi connectivity index (χ1) is 9.43. The molecule has 1 heterocycles. The topological polar surface area (TPSA) is 28.2 Å². The van der Waals surface area contributed by atoms with Crippen LogP contribution in [0.5, 0.6) is 0 Å². The molecule has 0 aromatic carbocycles. The monoisotopic (exact) mass is 275 g/mol. The molecule has 0 bridgehead atoms. The molecule has 0 amide bonds. The van der Waals surface area contributed by atoms with Crippen molar-refractivity contribution in [3.63, 3.8) is 0 Å². The SMILES string of the molecule is C=C(C)CN(CC)c1ccc(CNCC(C)C)c(C)n1. The number of hydrogen-bond donors (Lipinski definition) is 1. The second-order valence-electron chi connectivity index (χ2n) is 5.91. The lowest BCUT2D eigenvalue weighted by molar-refractivity contribution is 0.551. The van der Waals surface area contributed by atoms with Crippen molar-refractivity contribution in [2.45, 2.75) is 41.2 Å². The van der Waals surface area contributed by atoms with Gasteiger partial charge in [0, 0.05) is 25.3 Å². The van der Waals surface area contributed by atoms with E-state index in [0.29, 0.717) is 5.92 Å². The van der Waals surface area contributed by atoms with Crippen molar-refractivity contribution in [3.8, 4) is 0 Å². The van der Waals surface area contributed by atoms with E-state index in [1.807, 2.05) is 0 Å². The molecule has 3 nitrogen and oxygen atoms in total. The van der Waals surface area contributed by atoms with E-state index in [1.165, 1.54) is 5.56 Å². The lowest BCUT2D eigenvalue weighted by Gasteiger charge is -2.23. The third-order valence-electron chi connectivity index (χ3n) is 3.22. The predicted molar refractivity (Wildman–Crippen MR) is 88.2 cm³/mol. The van der Waals surface area contributed by atoms with E-state index >= 15 is 0 Å². The largest absolute Gasteiger partial charge is 0.353 e. The van der Waals surface area contributed by atoms with Crippen molar-refractivity contribution in [2.24, 2.45) is 5.92 Å². The Balaban J connectivity index is 2.73. The molecular formula is C17H29N3. The number of nitrogens with zero attached hydrogens (tertiary/aromatic N) is 2. The van der Waals surface area contributed by atoms with E-state index in [-0.39, 0.29) is 0 Å². The molecule has 1 N–H and O–H groups in total. The number of nitrogens with one attached hydrogen (secondary N) is 1. The molecule has 3 heteroatoms. The van der Waals surface area contributed by atoms with E-state index in [2.05, 4.69) is 63.5 Å². The van der Waals surface area contributed by atoms with Crippen molar-refractivity contribution >= 4 is 5.82 Å². The Morgan fingerprint density at radius 1 is 1.40 bits per heavy atom. The maximum atomic E-state index is 4.74. The standard InChI is InChI=1S/C17H29N3/c1-7-20(12-14(4)5)17-9-8-16(15(6)19-17)11-18-10-13(2)3/h8-9,13,18H,4,7,10-12H2,1-3,5-6H3. The number of pyridine rings is 1. The third-order valence-corrected chi connectivity index (χ3v) is 3.22. The molecule has 0 aliphatic carbocycles. The molecule has 0 aliphatic rings. The number of aryl methyl sites for hydroxylation is 1. The lowest BCUT2D eigenvalue weighted by atomic mass is 10.1. The Morgan fingerprint density at radius 2 is 2.10 bits per heavy atom. The number of aromatic nitrogens is 1. The van der Waals surface area contributed by atoms with Gasteiger partial charge in [0.25, 0.3) is 0 Å². The van der Waals surface area contributed by atoms with Crippen LogP contribution in [0.3, 0.4) is 0 Å². The summed E-state index contributed by atoms with van der Waals surface area (Å²) in [6, 6.07) is 4.30. The summed E-state index contributed by atoms with van der Waals surface area (Å²) in [5.74, 6) is 1.72. The Morgan fingerprint density at radius 3 is 2.60 bits per heavy atom. The van der Waals surface area contributed by atoms with Crippen molar-refractivity contribution in [1.29, 1.82) is 0 Å². The van der Waals surface area contributed by atoms with Gasteiger partial charge in [-0.2, -0.15) is 0 Å². The van der Waals surface area contributed by atoms with E-state index in [1.54, 1.807) is 0 Å². The van der Waals surface area contributed by atoms with Gasteiger partial charge in [0.1, 0.15) is 5.82 Å². The summed E-state index contributed by atoms with van der Waals surface area (Å²) >= 11 is 0. The molecule has 0 fully saturated rings.